The first-order chi connectivity index (χ1) is 17.7. The third-order valence-electron chi connectivity index (χ3n) is 6.94. The van der Waals surface area contributed by atoms with Gasteiger partial charge in [0, 0.05) is 18.5 Å². The number of rotatable bonds is 3. The molecule has 3 aromatic rings. The summed E-state index contributed by atoms with van der Waals surface area (Å²) in [7, 11) is 1.62. The van der Waals surface area contributed by atoms with Crippen molar-refractivity contribution in [2.24, 2.45) is 0 Å². The van der Waals surface area contributed by atoms with E-state index in [2.05, 4.69) is 24.3 Å². The van der Waals surface area contributed by atoms with E-state index >= 15 is 0 Å². The van der Waals surface area contributed by atoms with Gasteiger partial charge in [0.2, 0.25) is 0 Å². The summed E-state index contributed by atoms with van der Waals surface area (Å²) in [6.45, 7) is 5.57. The number of carbonyl (C=O) groups is 2. The second-order valence-electron chi connectivity index (χ2n) is 10.6. The van der Waals surface area contributed by atoms with Crippen molar-refractivity contribution in [3.8, 4) is 11.1 Å². The lowest BCUT2D eigenvalue weighted by molar-refractivity contribution is 0.0345. The molecular weight excluding hydrogens is 468 g/mol. The zero-order valence-corrected chi connectivity index (χ0v) is 21.5. The average Bonchev–Trinajstić information content (AvgIpc) is 3.19. The fraction of sp³-hybridized carbons (Fsp3) is 0.333. The number of aliphatic hydroxyl groups is 1. The number of nitrogens with zero attached hydrogens (tertiary/aromatic N) is 2. The lowest BCUT2D eigenvalue weighted by Gasteiger charge is -2.41. The quantitative estimate of drug-likeness (QED) is 0.497. The Morgan fingerprint density at radius 1 is 0.919 bits per heavy atom. The zero-order valence-electron chi connectivity index (χ0n) is 21.5. The van der Waals surface area contributed by atoms with Gasteiger partial charge in [-0.25, -0.2) is 9.59 Å². The fourth-order valence-corrected chi connectivity index (χ4v) is 5.34. The van der Waals surface area contributed by atoms with Crippen LogP contribution >= 0.6 is 0 Å². The van der Waals surface area contributed by atoms with Crippen LogP contribution in [0.15, 0.2) is 72.8 Å². The molecule has 0 radical (unpaired) electrons. The highest BCUT2D eigenvalue weighted by molar-refractivity contribution is 5.90. The molecule has 37 heavy (non-hydrogen) atoms. The van der Waals surface area contributed by atoms with Crippen LogP contribution in [0.4, 0.5) is 15.3 Å². The Labute approximate surface area is 217 Å². The van der Waals surface area contributed by atoms with Crippen molar-refractivity contribution in [3.05, 3.63) is 89.5 Å². The maximum absolute atomic E-state index is 13.3. The van der Waals surface area contributed by atoms with E-state index in [1.807, 2.05) is 42.5 Å². The maximum atomic E-state index is 13.3. The molecular formula is C30H32N2O5. The number of fused-ring (bicyclic) bond motifs is 4. The van der Waals surface area contributed by atoms with Crippen LogP contribution in [0, 0.1) is 0 Å². The highest BCUT2D eigenvalue weighted by Gasteiger charge is 2.40. The number of carbonyl (C=O) groups excluding carboxylic acids is 2. The summed E-state index contributed by atoms with van der Waals surface area (Å²) < 4.78 is 11.4. The van der Waals surface area contributed by atoms with Crippen molar-refractivity contribution in [1.29, 1.82) is 0 Å². The smallest absolute Gasteiger partial charge is 0.414 e. The topological polar surface area (TPSA) is 79.3 Å². The number of anilines is 1. The molecule has 0 spiro atoms. The van der Waals surface area contributed by atoms with Gasteiger partial charge in [-0.1, -0.05) is 66.7 Å². The lowest BCUT2D eigenvalue weighted by Crippen LogP contribution is -2.51. The predicted molar refractivity (Wildman–Crippen MR) is 142 cm³/mol. The van der Waals surface area contributed by atoms with Gasteiger partial charge in [0.25, 0.3) is 0 Å². The molecule has 1 aliphatic carbocycles. The largest absolute Gasteiger partial charge is 0.448 e. The molecule has 7 nitrogen and oxygen atoms in total. The van der Waals surface area contributed by atoms with E-state index in [4.69, 9.17) is 9.47 Å². The highest BCUT2D eigenvalue weighted by atomic mass is 16.6. The molecule has 3 aromatic carbocycles. The molecule has 1 N–H and O–H groups in total. The van der Waals surface area contributed by atoms with Gasteiger partial charge in [-0.2, -0.15) is 0 Å². The molecule has 1 aliphatic heterocycles. The van der Waals surface area contributed by atoms with Crippen molar-refractivity contribution in [1.82, 2.24) is 4.90 Å². The van der Waals surface area contributed by atoms with Gasteiger partial charge in [-0.05, 0) is 49.1 Å². The Morgan fingerprint density at radius 3 is 2.05 bits per heavy atom. The summed E-state index contributed by atoms with van der Waals surface area (Å²) in [4.78, 5) is 29.0. The average molecular weight is 501 g/mol. The van der Waals surface area contributed by atoms with Gasteiger partial charge < -0.3 is 19.5 Å². The number of benzene rings is 3. The molecule has 0 bridgehead atoms. The summed E-state index contributed by atoms with van der Waals surface area (Å²) in [6.07, 6.45) is -2.10. The van der Waals surface area contributed by atoms with Gasteiger partial charge in [0.05, 0.1) is 24.4 Å². The van der Waals surface area contributed by atoms with Crippen molar-refractivity contribution in [3.63, 3.8) is 0 Å². The highest BCUT2D eigenvalue weighted by Crippen LogP contribution is 2.45. The molecule has 2 aliphatic rings. The fourth-order valence-electron chi connectivity index (χ4n) is 5.34. The number of ether oxygens (including phenoxy) is 2. The molecule has 1 heterocycles. The normalized spacial score (nSPS) is 18.5. The van der Waals surface area contributed by atoms with Crippen LogP contribution in [0.3, 0.4) is 0 Å². The minimum atomic E-state index is -1.02. The number of hydrogen-bond donors (Lipinski definition) is 1. The summed E-state index contributed by atoms with van der Waals surface area (Å²) in [6, 6.07) is 22.9. The van der Waals surface area contributed by atoms with Gasteiger partial charge >= 0.3 is 12.2 Å². The Bertz CT molecular complexity index is 1290. The number of aliphatic hydroxyl groups excluding tert-OH is 1. The number of β-amino-alcohol motifs (C(OH)–C–C–N with tert-alkyl or cyclic N) is 1. The van der Waals surface area contributed by atoms with E-state index in [1.54, 1.807) is 33.9 Å². The van der Waals surface area contributed by atoms with Crippen molar-refractivity contribution >= 4 is 17.9 Å². The summed E-state index contributed by atoms with van der Waals surface area (Å²) in [5, 5.41) is 11.1. The second-order valence-corrected chi connectivity index (χ2v) is 10.6. The number of likely N-dealkylation sites (N-methyl/N-ethyl adjacent to an activating group) is 1. The first-order valence-electron chi connectivity index (χ1n) is 12.5. The molecule has 192 valence electrons. The molecule has 0 saturated carbocycles. The Kier molecular flexibility index (Phi) is 6.42. The monoisotopic (exact) mass is 500 g/mol. The van der Waals surface area contributed by atoms with Gasteiger partial charge in [0.15, 0.2) is 0 Å². The summed E-state index contributed by atoms with van der Waals surface area (Å²) in [5.74, 6) is -0.0593. The van der Waals surface area contributed by atoms with Crippen LogP contribution in [0.2, 0.25) is 0 Å². The first-order valence-corrected chi connectivity index (χ1v) is 12.5. The number of hydrogen-bond acceptors (Lipinski definition) is 5. The van der Waals surface area contributed by atoms with E-state index < -0.39 is 29.9 Å². The third-order valence-corrected chi connectivity index (χ3v) is 6.94. The lowest BCUT2D eigenvalue weighted by atomic mass is 9.93. The molecule has 2 atom stereocenters. The molecule has 2 amide bonds. The van der Waals surface area contributed by atoms with Crippen LogP contribution in [0.5, 0.6) is 0 Å². The van der Waals surface area contributed by atoms with E-state index in [1.165, 1.54) is 9.80 Å². The van der Waals surface area contributed by atoms with Crippen molar-refractivity contribution < 1.29 is 24.2 Å². The zero-order chi connectivity index (χ0) is 26.3. The van der Waals surface area contributed by atoms with Crippen LogP contribution in [-0.2, 0) is 9.47 Å². The number of amides is 2. The minimum absolute atomic E-state index is 0.00239. The van der Waals surface area contributed by atoms with E-state index in [-0.39, 0.29) is 19.1 Å². The molecule has 0 unspecified atom stereocenters. The van der Waals surface area contributed by atoms with Gasteiger partial charge in [0.1, 0.15) is 12.2 Å². The summed E-state index contributed by atoms with van der Waals surface area (Å²) in [5.41, 5.74) is 5.17. The van der Waals surface area contributed by atoms with Crippen LogP contribution in [0.25, 0.3) is 11.1 Å². The Morgan fingerprint density at radius 2 is 1.46 bits per heavy atom. The van der Waals surface area contributed by atoms with Crippen molar-refractivity contribution in [2.45, 2.75) is 44.4 Å². The summed E-state index contributed by atoms with van der Waals surface area (Å²) >= 11 is 0. The van der Waals surface area contributed by atoms with Gasteiger partial charge in [-0.3, -0.25) is 4.90 Å². The molecule has 0 saturated heterocycles. The third kappa shape index (κ3) is 4.67. The van der Waals surface area contributed by atoms with E-state index in [0.717, 1.165) is 22.3 Å². The molecule has 0 fully saturated rings. The minimum Gasteiger partial charge on any atom is -0.448 e. The second kappa shape index (κ2) is 9.56. The van der Waals surface area contributed by atoms with Crippen molar-refractivity contribution in [2.75, 3.05) is 25.1 Å². The molecule has 7 heteroatoms. The van der Waals surface area contributed by atoms with Crippen LogP contribution < -0.4 is 4.90 Å². The Hall–Kier alpha value is -3.84. The number of para-hydroxylation sites is 1. The molecule has 0 aromatic heterocycles. The van der Waals surface area contributed by atoms with E-state index in [0.29, 0.717) is 11.3 Å². The maximum Gasteiger partial charge on any atom is 0.414 e. The molecule has 5 rings (SSSR count). The Balaban J connectivity index is 1.35. The van der Waals surface area contributed by atoms with Gasteiger partial charge in [-0.15, -0.1) is 0 Å². The standard InChI is InChI=1S/C30H32N2O5/c1-30(2,3)37-29(35)32-17-26(33)27(23-15-9-10-16-25(23)32)31(4)28(34)36-18-24-21-13-7-5-11-19(21)20-12-6-8-14-22(20)24/h5-16,24,26-27,33H,17-18H2,1-4H3/t26-,27-/m0/s1. The first kappa shape index (κ1) is 24.8. The van der Waals surface area contributed by atoms with E-state index in [9.17, 15) is 14.7 Å². The van der Waals surface area contributed by atoms with Crippen LogP contribution in [-0.4, -0.2) is 54.1 Å². The predicted octanol–water partition coefficient (Wildman–Crippen LogP) is 5.72. The SMILES string of the molecule is CN(C(=O)OCC1c2ccccc2-c2ccccc21)[C@H]1c2ccccc2N(C(=O)OC(C)(C)C)C[C@@H]1O. The van der Waals surface area contributed by atoms with Crippen LogP contribution in [0.1, 0.15) is 49.4 Å².